The third kappa shape index (κ3) is 9.51. The van der Waals surface area contributed by atoms with Crippen molar-refractivity contribution >= 4 is 15.9 Å². The van der Waals surface area contributed by atoms with E-state index < -0.39 is 34.2 Å². The summed E-state index contributed by atoms with van der Waals surface area (Å²) in [6.07, 6.45) is 10.3. The largest absolute Gasteiger partial charge is 0.393 e. The van der Waals surface area contributed by atoms with Gasteiger partial charge < -0.3 is 15.3 Å². The second-order valence-corrected chi connectivity index (χ2v) is 9.00. The van der Waals surface area contributed by atoms with E-state index in [4.69, 9.17) is 0 Å². The molecule has 0 spiro atoms. The van der Waals surface area contributed by atoms with E-state index in [2.05, 4.69) is 0 Å². The fourth-order valence-corrected chi connectivity index (χ4v) is 3.88. The van der Waals surface area contributed by atoms with Crippen LogP contribution in [0.25, 0.3) is 0 Å². The highest BCUT2D eigenvalue weighted by Crippen LogP contribution is 2.36. The summed E-state index contributed by atoms with van der Waals surface area (Å²) in [5, 5.41) is 30.2. The molecule has 0 radical (unpaired) electrons. The van der Waals surface area contributed by atoms with Crippen LogP contribution in [0.4, 0.5) is 0 Å². The summed E-state index contributed by atoms with van der Waals surface area (Å²) < 4.78 is 23.8. The SMILES string of the molecule is CCC[C@H](O)/C=C/[C@@H]1[C@@H](C/C=C/CCCC(=O)NS(C)(=O)=O)[C@@H](O)C[C@H]1O. The van der Waals surface area contributed by atoms with Gasteiger partial charge in [-0.15, -0.1) is 0 Å². The smallest absolute Gasteiger partial charge is 0.233 e. The zero-order valence-electron chi connectivity index (χ0n) is 16.1. The highest BCUT2D eigenvalue weighted by molar-refractivity contribution is 7.89. The number of nitrogens with one attached hydrogen (secondary N) is 1. The van der Waals surface area contributed by atoms with Crippen LogP contribution in [-0.2, 0) is 14.8 Å². The Morgan fingerprint density at radius 1 is 1.26 bits per heavy atom. The molecule has 0 aliphatic heterocycles. The van der Waals surface area contributed by atoms with Crippen LogP contribution >= 0.6 is 0 Å². The molecule has 1 aliphatic carbocycles. The Bertz CT molecular complexity index is 616. The van der Waals surface area contributed by atoms with Gasteiger partial charge in [0.15, 0.2) is 0 Å². The highest BCUT2D eigenvalue weighted by atomic mass is 32.2. The number of allylic oxidation sites excluding steroid dienone is 2. The fraction of sp³-hybridized carbons (Fsp3) is 0.737. The summed E-state index contributed by atoms with van der Waals surface area (Å²) in [6, 6.07) is 0. The van der Waals surface area contributed by atoms with Crippen molar-refractivity contribution in [2.24, 2.45) is 11.8 Å². The van der Waals surface area contributed by atoms with Gasteiger partial charge in [0, 0.05) is 18.8 Å². The quantitative estimate of drug-likeness (QED) is 0.304. The van der Waals surface area contributed by atoms with E-state index >= 15 is 0 Å². The molecule has 156 valence electrons. The van der Waals surface area contributed by atoms with Crippen molar-refractivity contribution in [3.63, 3.8) is 0 Å². The van der Waals surface area contributed by atoms with E-state index in [0.717, 1.165) is 12.7 Å². The van der Waals surface area contributed by atoms with Gasteiger partial charge in [0.1, 0.15) is 0 Å². The van der Waals surface area contributed by atoms with Crippen LogP contribution in [0, 0.1) is 11.8 Å². The molecule has 4 N–H and O–H groups in total. The number of aliphatic hydroxyl groups is 3. The van der Waals surface area contributed by atoms with Crippen molar-refractivity contribution in [2.75, 3.05) is 6.26 Å². The van der Waals surface area contributed by atoms with Crippen LogP contribution in [0.2, 0.25) is 0 Å². The summed E-state index contributed by atoms with van der Waals surface area (Å²) in [6.45, 7) is 1.99. The molecule has 1 saturated carbocycles. The molecule has 0 aromatic rings. The molecule has 27 heavy (non-hydrogen) atoms. The molecule has 1 amide bonds. The average molecular weight is 404 g/mol. The van der Waals surface area contributed by atoms with Crippen LogP contribution < -0.4 is 4.72 Å². The molecule has 0 bridgehead atoms. The first-order valence-corrected chi connectivity index (χ1v) is 11.4. The number of sulfonamides is 1. The van der Waals surface area contributed by atoms with Crippen LogP contribution in [0.1, 0.15) is 51.9 Å². The second-order valence-electron chi connectivity index (χ2n) is 7.25. The van der Waals surface area contributed by atoms with E-state index in [1.807, 2.05) is 29.9 Å². The van der Waals surface area contributed by atoms with Gasteiger partial charge in [-0.3, -0.25) is 9.52 Å². The third-order valence-electron chi connectivity index (χ3n) is 4.70. The topological polar surface area (TPSA) is 124 Å². The van der Waals surface area contributed by atoms with Crippen molar-refractivity contribution in [1.29, 1.82) is 0 Å². The normalized spacial score (nSPS) is 27.4. The molecule has 8 heteroatoms. The van der Waals surface area contributed by atoms with E-state index in [1.165, 1.54) is 0 Å². The lowest BCUT2D eigenvalue weighted by molar-refractivity contribution is -0.119. The van der Waals surface area contributed by atoms with Gasteiger partial charge in [0.2, 0.25) is 15.9 Å². The van der Waals surface area contributed by atoms with Crippen molar-refractivity contribution < 1.29 is 28.5 Å². The van der Waals surface area contributed by atoms with Gasteiger partial charge in [-0.25, -0.2) is 8.42 Å². The lowest BCUT2D eigenvalue weighted by Gasteiger charge is -2.19. The summed E-state index contributed by atoms with van der Waals surface area (Å²) in [4.78, 5) is 11.4. The lowest BCUT2D eigenvalue weighted by Crippen LogP contribution is -2.28. The number of carbonyl (C=O) groups excluding carboxylic acids is 1. The first-order valence-electron chi connectivity index (χ1n) is 9.52. The summed E-state index contributed by atoms with van der Waals surface area (Å²) in [7, 11) is -3.51. The molecule has 0 heterocycles. The zero-order chi connectivity index (χ0) is 20.4. The molecule has 5 atom stereocenters. The van der Waals surface area contributed by atoms with Crippen molar-refractivity contribution in [1.82, 2.24) is 4.72 Å². The second kappa shape index (κ2) is 11.6. The fourth-order valence-electron chi connectivity index (χ4n) is 3.36. The standard InChI is InChI=1S/C19H33NO6S/c1-3-8-14(21)11-12-16-15(17(22)13-18(16)23)9-6-4-5-7-10-19(24)20-27(2,25)26/h4,6,11-12,14-18,21-23H,3,5,7-10,13H2,1-2H3,(H,20,24)/b6-4+,12-11+/t14-,15+,16+,17-,18+/m0/s1. The van der Waals surface area contributed by atoms with Crippen LogP contribution in [0.3, 0.4) is 0 Å². The minimum atomic E-state index is -3.51. The number of aliphatic hydroxyl groups excluding tert-OH is 3. The summed E-state index contributed by atoms with van der Waals surface area (Å²) >= 11 is 0. The van der Waals surface area contributed by atoms with Crippen molar-refractivity contribution in [3.8, 4) is 0 Å². The highest BCUT2D eigenvalue weighted by Gasteiger charge is 2.39. The van der Waals surface area contributed by atoms with Crippen LogP contribution in [0.5, 0.6) is 0 Å². The van der Waals surface area contributed by atoms with E-state index in [9.17, 15) is 28.5 Å². The van der Waals surface area contributed by atoms with E-state index in [0.29, 0.717) is 32.1 Å². The number of hydrogen-bond acceptors (Lipinski definition) is 6. The molecule has 7 nitrogen and oxygen atoms in total. The average Bonchev–Trinajstić information content (AvgIpc) is 2.80. The Morgan fingerprint density at radius 3 is 2.59 bits per heavy atom. The zero-order valence-corrected chi connectivity index (χ0v) is 16.9. The predicted molar refractivity (Wildman–Crippen MR) is 104 cm³/mol. The number of hydrogen-bond donors (Lipinski definition) is 4. The maximum Gasteiger partial charge on any atom is 0.233 e. The minimum absolute atomic E-state index is 0.116. The summed E-state index contributed by atoms with van der Waals surface area (Å²) in [5.74, 6) is -0.831. The van der Waals surface area contributed by atoms with E-state index in [1.54, 1.807) is 6.08 Å². The van der Waals surface area contributed by atoms with Crippen LogP contribution in [-0.4, -0.2) is 54.2 Å². The molecule has 1 rings (SSSR count). The maximum atomic E-state index is 11.4. The van der Waals surface area contributed by atoms with Gasteiger partial charge in [-0.05, 0) is 31.6 Å². The molecule has 0 saturated heterocycles. The molecular formula is C19H33NO6S. The molecule has 0 unspecified atom stereocenters. The first kappa shape index (κ1) is 23.8. The Kier molecular flexibility index (Phi) is 10.2. The predicted octanol–water partition coefficient (Wildman–Crippen LogP) is 1.25. The number of unbranched alkanes of at least 4 members (excludes halogenated alkanes) is 1. The van der Waals surface area contributed by atoms with Crippen LogP contribution in [0.15, 0.2) is 24.3 Å². The Hall–Kier alpha value is -1.22. The maximum absolute atomic E-state index is 11.4. The Balaban J connectivity index is 2.43. The van der Waals surface area contributed by atoms with Crippen molar-refractivity contribution in [2.45, 2.75) is 70.2 Å². The monoisotopic (exact) mass is 403 g/mol. The van der Waals surface area contributed by atoms with Gasteiger partial charge in [-0.1, -0.05) is 37.6 Å². The number of amides is 1. The molecular weight excluding hydrogens is 370 g/mol. The minimum Gasteiger partial charge on any atom is -0.393 e. The van der Waals surface area contributed by atoms with Gasteiger partial charge in [0.05, 0.1) is 24.6 Å². The molecule has 1 fully saturated rings. The van der Waals surface area contributed by atoms with E-state index in [-0.39, 0.29) is 18.3 Å². The Morgan fingerprint density at radius 2 is 1.96 bits per heavy atom. The molecule has 0 aromatic carbocycles. The number of carbonyl (C=O) groups is 1. The van der Waals surface area contributed by atoms with Gasteiger partial charge in [-0.2, -0.15) is 0 Å². The van der Waals surface area contributed by atoms with Gasteiger partial charge in [0.25, 0.3) is 0 Å². The number of rotatable bonds is 11. The lowest BCUT2D eigenvalue weighted by atomic mass is 9.89. The molecule has 0 aromatic heterocycles. The van der Waals surface area contributed by atoms with Gasteiger partial charge >= 0.3 is 0 Å². The Labute approximate surface area is 162 Å². The summed E-state index contributed by atoms with van der Waals surface area (Å²) in [5.41, 5.74) is 0. The third-order valence-corrected chi connectivity index (χ3v) is 5.30. The molecule has 1 aliphatic rings. The van der Waals surface area contributed by atoms with Crippen molar-refractivity contribution in [3.05, 3.63) is 24.3 Å². The first-order chi connectivity index (χ1) is 12.6.